The maximum atomic E-state index is 12.5. The maximum Gasteiger partial charge on any atom is 1.00 e. The molecule has 2 N–H and O–H groups in total. The Bertz CT molecular complexity index is 880. The standard InChI is InChI=1S/C16H16N4O2.Na.H/c1-3-13-14(19-16(22)18-13)15(21)11-4-6-12(7-5-11)20-9-8-17-10(20)2;;/h4-9H,3H2,1-2H3,(H2,18,19,22);;/q;+1;-1. The van der Waals surface area contributed by atoms with E-state index in [0.29, 0.717) is 23.4 Å². The van der Waals surface area contributed by atoms with Crippen LogP contribution in [0.2, 0.25) is 0 Å². The van der Waals surface area contributed by atoms with Gasteiger partial charge in [0.25, 0.3) is 0 Å². The predicted molar refractivity (Wildman–Crippen MR) is 83.6 cm³/mol. The van der Waals surface area contributed by atoms with Gasteiger partial charge in [0.05, 0.1) is 0 Å². The molecule has 0 aliphatic carbocycles. The molecular weight excluding hydrogens is 303 g/mol. The summed E-state index contributed by atoms with van der Waals surface area (Å²) in [4.78, 5) is 33.3. The molecule has 3 aromatic rings. The van der Waals surface area contributed by atoms with Crippen LogP contribution in [-0.2, 0) is 6.42 Å². The fourth-order valence-corrected chi connectivity index (χ4v) is 2.45. The average molecular weight is 320 g/mol. The zero-order valence-electron chi connectivity index (χ0n) is 14.4. The molecule has 0 radical (unpaired) electrons. The molecule has 0 atom stereocenters. The zero-order valence-corrected chi connectivity index (χ0v) is 15.4. The van der Waals surface area contributed by atoms with Crippen molar-refractivity contribution in [2.45, 2.75) is 20.3 Å². The van der Waals surface area contributed by atoms with Crippen LogP contribution in [0.25, 0.3) is 5.69 Å². The minimum atomic E-state index is -0.356. The Morgan fingerprint density at radius 2 is 1.96 bits per heavy atom. The monoisotopic (exact) mass is 320 g/mol. The van der Waals surface area contributed by atoms with Crippen LogP contribution in [0.4, 0.5) is 0 Å². The number of carbonyl (C=O) groups is 1. The number of rotatable bonds is 4. The van der Waals surface area contributed by atoms with E-state index in [9.17, 15) is 9.59 Å². The summed E-state index contributed by atoms with van der Waals surface area (Å²) in [5.41, 5.74) is 2.07. The van der Waals surface area contributed by atoms with Gasteiger partial charge in [0.1, 0.15) is 11.5 Å². The molecule has 7 heteroatoms. The van der Waals surface area contributed by atoms with Crippen LogP contribution >= 0.6 is 0 Å². The van der Waals surface area contributed by atoms with E-state index in [-0.39, 0.29) is 42.5 Å². The minimum absolute atomic E-state index is 0. The molecule has 3 rings (SSSR count). The van der Waals surface area contributed by atoms with Crippen LogP contribution in [-0.4, -0.2) is 25.3 Å². The van der Waals surface area contributed by atoms with Gasteiger partial charge >= 0.3 is 35.2 Å². The van der Waals surface area contributed by atoms with E-state index in [1.165, 1.54) is 0 Å². The summed E-state index contributed by atoms with van der Waals surface area (Å²) in [7, 11) is 0. The van der Waals surface area contributed by atoms with Gasteiger partial charge in [0.2, 0.25) is 5.78 Å². The number of benzene rings is 1. The SMILES string of the molecule is CCc1[nH]c(=O)[nH]c1C(=O)c1ccc(-n2ccnc2C)cc1.[H-].[Na+]. The van der Waals surface area contributed by atoms with Gasteiger partial charge in [-0.05, 0) is 37.6 Å². The molecule has 0 aliphatic heterocycles. The molecule has 0 aliphatic rings. The molecule has 6 nitrogen and oxygen atoms in total. The number of H-pyrrole nitrogens is 2. The number of ketones is 1. The Kier molecular flexibility index (Phi) is 5.41. The Morgan fingerprint density at radius 3 is 2.52 bits per heavy atom. The summed E-state index contributed by atoms with van der Waals surface area (Å²) in [5.74, 6) is 0.686. The molecule has 0 saturated carbocycles. The second kappa shape index (κ2) is 7.12. The molecule has 0 fully saturated rings. The van der Waals surface area contributed by atoms with Crippen LogP contribution in [0.3, 0.4) is 0 Å². The summed E-state index contributed by atoms with van der Waals surface area (Å²) in [5, 5.41) is 0. The molecule has 0 unspecified atom stereocenters. The second-order valence-corrected chi connectivity index (χ2v) is 5.01. The van der Waals surface area contributed by atoms with Crippen LogP contribution in [0.15, 0.2) is 41.5 Å². The fourth-order valence-electron chi connectivity index (χ4n) is 2.45. The number of aromatic nitrogens is 4. The number of carbonyl (C=O) groups excluding carboxylic acids is 1. The number of aryl methyl sites for hydroxylation is 2. The van der Waals surface area contributed by atoms with Crippen molar-refractivity contribution in [2.75, 3.05) is 0 Å². The van der Waals surface area contributed by atoms with Gasteiger partial charge in [-0.25, -0.2) is 9.78 Å². The van der Waals surface area contributed by atoms with E-state index >= 15 is 0 Å². The summed E-state index contributed by atoms with van der Waals surface area (Å²) >= 11 is 0. The number of imidazole rings is 2. The number of nitrogens with one attached hydrogen (secondary N) is 2. The molecule has 0 saturated heterocycles. The van der Waals surface area contributed by atoms with Gasteiger partial charge in [-0.3, -0.25) is 4.79 Å². The summed E-state index contributed by atoms with van der Waals surface area (Å²) in [6, 6.07) is 7.22. The van der Waals surface area contributed by atoms with Gasteiger partial charge in [-0.2, -0.15) is 0 Å². The molecule has 2 heterocycles. The van der Waals surface area contributed by atoms with E-state index in [4.69, 9.17) is 0 Å². The van der Waals surface area contributed by atoms with Gasteiger partial charge in [-0.15, -0.1) is 0 Å². The minimum Gasteiger partial charge on any atom is -1.00 e. The predicted octanol–water partition coefficient (Wildman–Crippen LogP) is -0.893. The Morgan fingerprint density at radius 1 is 1.26 bits per heavy atom. The molecule has 1 aromatic carbocycles. The first-order chi connectivity index (χ1) is 10.6. The average Bonchev–Trinajstić information content (AvgIpc) is 3.12. The largest absolute Gasteiger partial charge is 1.00 e. The van der Waals surface area contributed by atoms with Crippen molar-refractivity contribution in [3.05, 3.63) is 69.9 Å². The van der Waals surface area contributed by atoms with Crippen molar-refractivity contribution < 1.29 is 35.8 Å². The fraction of sp³-hybridized carbons (Fsp3) is 0.188. The molecule has 23 heavy (non-hydrogen) atoms. The molecule has 114 valence electrons. The molecule has 0 bridgehead atoms. The van der Waals surface area contributed by atoms with E-state index in [1.54, 1.807) is 18.3 Å². The number of nitrogens with zero attached hydrogens (tertiary/aromatic N) is 2. The first-order valence-electron chi connectivity index (χ1n) is 7.06. The van der Waals surface area contributed by atoms with Crippen molar-refractivity contribution >= 4 is 5.78 Å². The smallest absolute Gasteiger partial charge is 1.00 e. The quantitative estimate of drug-likeness (QED) is 0.483. The molecular formula is C16H17N4NaO2. The number of hydrogen-bond donors (Lipinski definition) is 2. The third-order valence-electron chi connectivity index (χ3n) is 3.62. The summed E-state index contributed by atoms with van der Waals surface area (Å²) < 4.78 is 1.93. The second-order valence-electron chi connectivity index (χ2n) is 5.01. The third-order valence-corrected chi connectivity index (χ3v) is 3.62. The third kappa shape index (κ3) is 3.39. The molecule has 0 spiro atoms. The van der Waals surface area contributed by atoms with Gasteiger partial charge in [-0.1, -0.05) is 6.92 Å². The van der Waals surface area contributed by atoms with E-state index < -0.39 is 0 Å². The van der Waals surface area contributed by atoms with Crippen molar-refractivity contribution in [1.29, 1.82) is 0 Å². The topological polar surface area (TPSA) is 83.5 Å². The van der Waals surface area contributed by atoms with Crippen molar-refractivity contribution in [3.8, 4) is 5.69 Å². The van der Waals surface area contributed by atoms with E-state index in [1.807, 2.05) is 36.7 Å². The van der Waals surface area contributed by atoms with Crippen molar-refractivity contribution in [3.63, 3.8) is 0 Å². The van der Waals surface area contributed by atoms with Gasteiger partial charge < -0.3 is 16.0 Å². The van der Waals surface area contributed by atoms with Crippen molar-refractivity contribution in [1.82, 2.24) is 19.5 Å². The van der Waals surface area contributed by atoms with Gasteiger partial charge in [0, 0.05) is 29.3 Å². The van der Waals surface area contributed by atoms with Crippen LogP contribution in [0.5, 0.6) is 0 Å². The van der Waals surface area contributed by atoms with E-state index in [2.05, 4.69) is 15.0 Å². The Hall–Kier alpha value is -1.89. The maximum absolute atomic E-state index is 12.5. The number of hydrogen-bond acceptors (Lipinski definition) is 3. The molecule has 2 aromatic heterocycles. The summed E-state index contributed by atoms with van der Waals surface area (Å²) in [6.07, 6.45) is 4.18. The van der Waals surface area contributed by atoms with Crippen LogP contribution in [0, 0.1) is 6.92 Å². The Balaban J connectivity index is 0.00000144. The van der Waals surface area contributed by atoms with Crippen LogP contribution in [0.1, 0.15) is 35.9 Å². The normalized spacial score (nSPS) is 10.3. The first-order valence-corrected chi connectivity index (χ1v) is 7.06. The van der Waals surface area contributed by atoms with Crippen LogP contribution < -0.4 is 35.2 Å². The first kappa shape index (κ1) is 17.5. The van der Waals surface area contributed by atoms with E-state index in [0.717, 1.165) is 11.5 Å². The number of aromatic amines is 2. The van der Waals surface area contributed by atoms with Crippen molar-refractivity contribution in [2.24, 2.45) is 0 Å². The zero-order chi connectivity index (χ0) is 15.7. The Labute approximate surface area is 156 Å². The summed E-state index contributed by atoms with van der Waals surface area (Å²) in [6.45, 7) is 3.80. The molecule has 0 amide bonds. The van der Waals surface area contributed by atoms with Gasteiger partial charge in [0.15, 0.2) is 0 Å².